The van der Waals surface area contributed by atoms with Gasteiger partial charge in [-0.3, -0.25) is 4.79 Å². The monoisotopic (exact) mass is 307 g/mol. The number of benzene rings is 1. The number of halogens is 1. The first-order valence-corrected chi connectivity index (χ1v) is 8.06. The molecular formula is C16H22ClN3O. The van der Waals surface area contributed by atoms with E-state index in [0.29, 0.717) is 0 Å². The van der Waals surface area contributed by atoms with Crippen LogP contribution in [0.5, 0.6) is 0 Å². The maximum Gasteiger partial charge on any atom is 0.242 e. The Morgan fingerprint density at radius 2 is 1.71 bits per heavy atom. The number of carbonyl (C=O) groups is 1. The summed E-state index contributed by atoms with van der Waals surface area (Å²) in [4.78, 5) is 16.8. The van der Waals surface area contributed by atoms with Crippen molar-refractivity contribution < 1.29 is 4.79 Å². The second-order valence-corrected chi connectivity index (χ2v) is 6.50. The molecule has 1 aromatic rings. The largest absolute Gasteiger partial charge is 0.367 e. The molecule has 114 valence electrons. The van der Waals surface area contributed by atoms with Gasteiger partial charge < -0.3 is 15.5 Å². The van der Waals surface area contributed by atoms with Crippen molar-refractivity contribution in [2.75, 3.05) is 31.1 Å². The fourth-order valence-corrected chi connectivity index (χ4v) is 3.65. The third-order valence-electron chi connectivity index (χ3n) is 4.68. The normalized spacial score (nSPS) is 21.6. The van der Waals surface area contributed by atoms with Gasteiger partial charge in [0.15, 0.2) is 0 Å². The van der Waals surface area contributed by atoms with E-state index in [0.717, 1.165) is 62.6 Å². The minimum atomic E-state index is -0.605. The van der Waals surface area contributed by atoms with Gasteiger partial charge >= 0.3 is 0 Å². The molecular weight excluding hydrogens is 286 g/mol. The van der Waals surface area contributed by atoms with Crippen molar-refractivity contribution in [1.82, 2.24) is 4.90 Å². The van der Waals surface area contributed by atoms with Gasteiger partial charge in [-0.15, -0.1) is 0 Å². The highest BCUT2D eigenvalue weighted by Crippen LogP contribution is 2.30. The van der Waals surface area contributed by atoms with E-state index >= 15 is 0 Å². The van der Waals surface area contributed by atoms with E-state index < -0.39 is 5.54 Å². The standard InChI is InChI=1S/C16H22ClN3O/c17-13-5-1-2-6-14(13)19-9-11-20(12-10-19)15(21)16(18)7-3-4-8-16/h1-2,5-6H,3-4,7-12,18H2. The van der Waals surface area contributed by atoms with Crippen LogP contribution in [0.15, 0.2) is 24.3 Å². The van der Waals surface area contributed by atoms with Crippen LogP contribution in [0.1, 0.15) is 25.7 Å². The van der Waals surface area contributed by atoms with Crippen LogP contribution in [0, 0.1) is 0 Å². The first-order chi connectivity index (χ1) is 10.1. The Labute approximate surface area is 130 Å². The van der Waals surface area contributed by atoms with Gasteiger partial charge in [0.25, 0.3) is 0 Å². The molecule has 1 aliphatic heterocycles. The van der Waals surface area contributed by atoms with Crippen LogP contribution in [0.3, 0.4) is 0 Å². The second-order valence-electron chi connectivity index (χ2n) is 6.09. The van der Waals surface area contributed by atoms with Crippen LogP contribution in [-0.2, 0) is 4.79 Å². The van der Waals surface area contributed by atoms with Crippen molar-refractivity contribution in [3.05, 3.63) is 29.3 Å². The van der Waals surface area contributed by atoms with E-state index in [-0.39, 0.29) is 5.91 Å². The van der Waals surface area contributed by atoms with Crippen LogP contribution in [-0.4, -0.2) is 42.5 Å². The summed E-state index contributed by atoms with van der Waals surface area (Å²) in [6.07, 6.45) is 3.80. The van der Waals surface area contributed by atoms with E-state index in [1.54, 1.807) is 0 Å². The summed E-state index contributed by atoms with van der Waals surface area (Å²) in [5.74, 6) is 0.138. The maximum absolute atomic E-state index is 12.6. The minimum absolute atomic E-state index is 0.138. The second kappa shape index (κ2) is 5.85. The van der Waals surface area contributed by atoms with Gasteiger partial charge in [0.05, 0.1) is 16.2 Å². The molecule has 21 heavy (non-hydrogen) atoms. The Morgan fingerprint density at radius 1 is 1.10 bits per heavy atom. The summed E-state index contributed by atoms with van der Waals surface area (Å²) >= 11 is 6.24. The lowest BCUT2D eigenvalue weighted by Gasteiger charge is -2.39. The van der Waals surface area contributed by atoms with Crippen molar-refractivity contribution in [3.8, 4) is 0 Å². The number of hydrogen-bond acceptors (Lipinski definition) is 3. The third kappa shape index (κ3) is 2.87. The molecule has 1 saturated heterocycles. The van der Waals surface area contributed by atoms with Crippen LogP contribution in [0.2, 0.25) is 5.02 Å². The van der Waals surface area contributed by atoms with Crippen molar-refractivity contribution in [1.29, 1.82) is 0 Å². The topological polar surface area (TPSA) is 49.6 Å². The number of para-hydroxylation sites is 1. The molecule has 2 N–H and O–H groups in total. The average molecular weight is 308 g/mol. The van der Waals surface area contributed by atoms with Gasteiger partial charge in [-0.2, -0.15) is 0 Å². The summed E-state index contributed by atoms with van der Waals surface area (Å²) in [6.45, 7) is 3.07. The molecule has 4 nitrogen and oxygen atoms in total. The summed E-state index contributed by atoms with van der Waals surface area (Å²) in [5, 5.41) is 0.767. The Bertz CT molecular complexity index is 520. The molecule has 1 aliphatic carbocycles. The molecule has 2 fully saturated rings. The zero-order valence-electron chi connectivity index (χ0n) is 12.2. The number of hydrogen-bond donors (Lipinski definition) is 1. The number of anilines is 1. The van der Waals surface area contributed by atoms with Gasteiger partial charge in [0, 0.05) is 26.2 Å². The van der Waals surface area contributed by atoms with E-state index in [1.165, 1.54) is 0 Å². The van der Waals surface area contributed by atoms with Crippen molar-refractivity contribution in [2.24, 2.45) is 5.73 Å². The van der Waals surface area contributed by atoms with E-state index in [1.807, 2.05) is 29.2 Å². The number of amides is 1. The molecule has 0 bridgehead atoms. The van der Waals surface area contributed by atoms with Crippen LogP contribution in [0.4, 0.5) is 5.69 Å². The van der Waals surface area contributed by atoms with Crippen LogP contribution >= 0.6 is 11.6 Å². The minimum Gasteiger partial charge on any atom is -0.367 e. The van der Waals surface area contributed by atoms with E-state index in [4.69, 9.17) is 17.3 Å². The van der Waals surface area contributed by atoms with Gasteiger partial charge in [0.2, 0.25) is 5.91 Å². The molecule has 5 heteroatoms. The van der Waals surface area contributed by atoms with Gasteiger partial charge in [0.1, 0.15) is 0 Å². The van der Waals surface area contributed by atoms with Crippen molar-refractivity contribution >= 4 is 23.2 Å². The van der Waals surface area contributed by atoms with Gasteiger partial charge in [-0.25, -0.2) is 0 Å². The quantitative estimate of drug-likeness (QED) is 0.912. The molecule has 3 rings (SSSR count). The molecule has 1 amide bonds. The number of nitrogens with two attached hydrogens (primary N) is 1. The fraction of sp³-hybridized carbons (Fsp3) is 0.562. The van der Waals surface area contributed by atoms with E-state index in [9.17, 15) is 4.79 Å². The first-order valence-electron chi connectivity index (χ1n) is 7.68. The molecule has 0 aromatic heterocycles. The smallest absolute Gasteiger partial charge is 0.242 e. The van der Waals surface area contributed by atoms with Crippen LogP contribution in [0.25, 0.3) is 0 Å². The number of rotatable bonds is 2. The SMILES string of the molecule is NC1(C(=O)N2CCN(c3ccccc3Cl)CC2)CCCC1. The summed E-state index contributed by atoms with van der Waals surface area (Å²) in [5.41, 5.74) is 6.72. The number of nitrogens with zero attached hydrogens (tertiary/aromatic N) is 2. The molecule has 2 aliphatic rings. The lowest BCUT2D eigenvalue weighted by atomic mass is 9.97. The lowest BCUT2D eigenvalue weighted by molar-refractivity contribution is -0.137. The molecule has 0 atom stereocenters. The summed E-state index contributed by atoms with van der Waals surface area (Å²) < 4.78 is 0. The van der Waals surface area contributed by atoms with Gasteiger partial charge in [-0.05, 0) is 25.0 Å². The van der Waals surface area contributed by atoms with Crippen LogP contribution < -0.4 is 10.6 Å². The number of carbonyl (C=O) groups excluding carboxylic acids is 1. The van der Waals surface area contributed by atoms with Crippen molar-refractivity contribution in [3.63, 3.8) is 0 Å². The zero-order valence-corrected chi connectivity index (χ0v) is 13.0. The fourth-order valence-electron chi connectivity index (χ4n) is 3.39. The lowest BCUT2D eigenvalue weighted by Crippen LogP contribution is -2.58. The van der Waals surface area contributed by atoms with E-state index in [2.05, 4.69) is 4.90 Å². The zero-order chi connectivity index (χ0) is 14.9. The molecule has 0 spiro atoms. The average Bonchev–Trinajstić information content (AvgIpc) is 2.95. The third-order valence-corrected chi connectivity index (χ3v) is 5.00. The van der Waals surface area contributed by atoms with Crippen molar-refractivity contribution in [2.45, 2.75) is 31.2 Å². The molecule has 1 heterocycles. The maximum atomic E-state index is 12.6. The molecule has 1 saturated carbocycles. The predicted molar refractivity (Wildman–Crippen MR) is 85.6 cm³/mol. The molecule has 1 aromatic carbocycles. The number of piperazine rings is 1. The summed E-state index contributed by atoms with van der Waals surface area (Å²) in [6, 6.07) is 7.86. The molecule has 0 radical (unpaired) electrons. The van der Waals surface area contributed by atoms with Gasteiger partial charge in [-0.1, -0.05) is 36.6 Å². The molecule has 0 unspecified atom stereocenters. The highest BCUT2D eigenvalue weighted by molar-refractivity contribution is 6.33. The highest BCUT2D eigenvalue weighted by Gasteiger charge is 2.40. The summed E-state index contributed by atoms with van der Waals surface area (Å²) in [7, 11) is 0. The Balaban J connectivity index is 1.63. The Morgan fingerprint density at radius 3 is 2.33 bits per heavy atom. The Kier molecular flexibility index (Phi) is 4.09. The first kappa shape index (κ1) is 14.7. The Hall–Kier alpha value is -1.26. The predicted octanol–water partition coefficient (Wildman–Crippen LogP) is 2.26. The highest BCUT2D eigenvalue weighted by atomic mass is 35.5.